The van der Waals surface area contributed by atoms with Crippen LogP contribution in [0.4, 0.5) is 0 Å². The van der Waals surface area contributed by atoms with Gasteiger partial charge in [-0.1, -0.05) is 12.1 Å². The first-order valence-corrected chi connectivity index (χ1v) is 8.49. The summed E-state index contributed by atoms with van der Waals surface area (Å²) < 4.78 is 10.7. The molecule has 0 saturated carbocycles. The third-order valence-electron chi connectivity index (χ3n) is 4.08. The summed E-state index contributed by atoms with van der Waals surface area (Å²) in [4.78, 5) is 23.8. The van der Waals surface area contributed by atoms with E-state index in [0.29, 0.717) is 11.4 Å². The van der Waals surface area contributed by atoms with E-state index < -0.39 is 0 Å². The van der Waals surface area contributed by atoms with Crippen molar-refractivity contribution >= 4 is 22.9 Å². The molecule has 0 fully saturated rings. The lowest BCUT2D eigenvalue weighted by molar-refractivity contribution is -0.119. The molecule has 3 aromatic heterocycles. The van der Waals surface area contributed by atoms with Crippen molar-refractivity contribution in [3.05, 3.63) is 72.9 Å². The molecular weight excluding hydrogens is 342 g/mol. The van der Waals surface area contributed by atoms with Crippen LogP contribution in [-0.4, -0.2) is 35.1 Å². The molecule has 0 amide bonds. The molecular formula is C21H17N3O3. The maximum Gasteiger partial charge on any atom is 0.191 e. The first-order valence-electron chi connectivity index (χ1n) is 8.49. The van der Waals surface area contributed by atoms with Crippen LogP contribution in [-0.2, 0) is 4.79 Å². The monoisotopic (exact) mass is 359 g/mol. The van der Waals surface area contributed by atoms with Crippen LogP contribution in [0.15, 0.2) is 76.8 Å². The van der Waals surface area contributed by atoms with E-state index in [0.717, 1.165) is 22.0 Å². The Bertz CT molecular complexity index is 1080. The van der Waals surface area contributed by atoms with Gasteiger partial charge in [-0.2, -0.15) is 0 Å². The minimum atomic E-state index is -0.116. The van der Waals surface area contributed by atoms with Crippen LogP contribution in [0.25, 0.3) is 22.2 Å². The number of carbonyl (C=O) groups is 1. The highest BCUT2D eigenvalue weighted by molar-refractivity contribution is 5.99. The number of aromatic nitrogens is 2. The van der Waals surface area contributed by atoms with E-state index in [9.17, 15) is 4.79 Å². The Labute approximate surface area is 155 Å². The average molecular weight is 359 g/mol. The van der Waals surface area contributed by atoms with E-state index in [2.05, 4.69) is 15.0 Å². The third-order valence-corrected chi connectivity index (χ3v) is 4.08. The molecule has 1 N–H and O–H groups in total. The van der Waals surface area contributed by atoms with Crippen LogP contribution in [0.5, 0.6) is 5.75 Å². The van der Waals surface area contributed by atoms with E-state index in [1.807, 2.05) is 30.5 Å². The molecule has 0 atom stereocenters. The molecule has 6 nitrogen and oxygen atoms in total. The number of benzene rings is 1. The lowest BCUT2D eigenvalue weighted by atomic mass is 10.1. The maximum absolute atomic E-state index is 12.1. The second-order valence-electron chi connectivity index (χ2n) is 5.95. The van der Waals surface area contributed by atoms with Crippen LogP contribution in [0.1, 0.15) is 5.56 Å². The molecule has 0 unspecified atom stereocenters. The van der Waals surface area contributed by atoms with Crippen molar-refractivity contribution in [2.24, 2.45) is 4.99 Å². The second kappa shape index (κ2) is 7.70. The van der Waals surface area contributed by atoms with E-state index in [-0.39, 0.29) is 18.9 Å². The Morgan fingerprint density at radius 3 is 3.07 bits per heavy atom. The topological polar surface area (TPSA) is 80.5 Å². The Morgan fingerprint density at radius 2 is 2.19 bits per heavy atom. The van der Waals surface area contributed by atoms with Crippen molar-refractivity contribution in [3.63, 3.8) is 0 Å². The van der Waals surface area contributed by atoms with Crippen molar-refractivity contribution < 1.29 is 13.9 Å². The molecule has 6 heteroatoms. The lowest BCUT2D eigenvalue weighted by Gasteiger charge is -2.08. The summed E-state index contributed by atoms with van der Waals surface area (Å²) in [6.45, 7) is -0.00957. The molecule has 27 heavy (non-hydrogen) atoms. The average Bonchev–Trinajstić information content (AvgIpc) is 3.39. The Hall–Kier alpha value is -3.67. The number of pyridine rings is 1. The first-order chi connectivity index (χ1) is 13.3. The molecule has 0 bridgehead atoms. The molecule has 0 aliphatic carbocycles. The number of rotatable bonds is 7. The number of fused-ring (bicyclic) bond motifs is 1. The number of aromatic amines is 1. The molecule has 0 radical (unpaired) electrons. The third kappa shape index (κ3) is 3.79. The van der Waals surface area contributed by atoms with Crippen LogP contribution in [0, 0.1) is 0 Å². The number of hydrogen-bond acceptors (Lipinski definition) is 5. The summed E-state index contributed by atoms with van der Waals surface area (Å²) in [6, 6.07) is 13.2. The minimum Gasteiger partial charge on any atom is -0.483 e. The fourth-order valence-electron chi connectivity index (χ4n) is 2.80. The Morgan fingerprint density at radius 1 is 1.22 bits per heavy atom. The summed E-state index contributed by atoms with van der Waals surface area (Å²) in [5, 5.41) is 1.07. The number of H-pyrrole nitrogens is 1. The maximum atomic E-state index is 12.1. The van der Waals surface area contributed by atoms with Gasteiger partial charge in [-0.15, -0.1) is 0 Å². The highest BCUT2D eigenvalue weighted by Gasteiger charge is 2.10. The lowest BCUT2D eigenvalue weighted by Crippen LogP contribution is -2.14. The van der Waals surface area contributed by atoms with Crippen LogP contribution >= 0.6 is 0 Å². The summed E-state index contributed by atoms with van der Waals surface area (Å²) in [5.41, 5.74) is 3.45. The van der Waals surface area contributed by atoms with Gasteiger partial charge < -0.3 is 14.1 Å². The summed E-state index contributed by atoms with van der Waals surface area (Å²) >= 11 is 0. The van der Waals surface area contributed by atoms with E-state index in [1.54, 1.807) is 43.1 Å². The number of ether oxygens (including phenoxy) is 1. The SMILES string of the molecule is O=C(CN=Cc1cccc2[nH]ccc12)COc1cccnc1-c1ccoc1. The number of hydrogen-bond donors (Lipinski definition) is 1. The van der Waals surface area contributed by atoms with Crippen molar-refractivity contribution in [2.45, 2.75) is 0 Å². The Balaban J connectivity index is 1.38. The summed E-state index contributed by atoms with van der Waals surface area (Å²) in [7, 11) is 0. The van der Waals surface area contributed by atoms with Crippen molar-refractivity contribution in [3.8, 4) is 17.0 Å². The van der Waals surface area contributed by atoms with Crippen LogP contribution in [0.3, 0.4) is 0 Å². The van der Waals surface area contributed by atoms with Gasteiger partial charge in [-0.25, -0.2) is 0 Å². The van der Waals surface area contributed by atoms with E-state index >= 15 is 0 Å². The Kier molecular flexibility index (Phi) is 4.78. The van der Waals surface area contributed by atoms with Crippen molar-refractivity contribution in [1.82, 2.24) is 9.97 Å². The predicted molar refractivity (Wildman–Crippen MR) is 103 cm³/mol. The number of Topliss-reactive ketones (excluding diaryl/α,β-unsaturated/α-hetero) is 1. The van der Waals surface area contributed by atoms with E-state index in [1.165, 1.54) is 0 Å². The zero-order chi connectivity index (χ0) is 18.5. The molecule has 0 aliphatic heterocycles. The highest BCUT2D eigenvalue weighted by atomic mass is 16.5. The number of nitrogens with zero attached hydrogens (tertiary/aromatic N) is 2. The van der Waals surface area contributed by atoms with Gasteiger partial charge in [0.15, 0.2) is 5.78 Å². The van der Waals surface area contributed by atoms with Crippen LogP contribution < -0.4 is 4.74 Å². The normalized spacial score (nSPS) is 11.3. The molecule has 0 spiro atoms. The fourth-order valence-corrected chi connectivity index (χ4v) is 2.80. The molecule has 134 valence electrons. The number of nitrogens with one attached hydrogen (secondary N) is 1. The predicted octanol–water partition coefficient (Wildman–Crippen LogP) is 3.89. The van der Waals surface area contributed by atoms with Gasteiger partial charge in [0.2, 0.25) is 0 Å². The number of furan rings is 1. The summed E-state index contributed by atoms with van der Waals surface area (Å²) in [5.74, 6) is 0.419. The zero-order valence-electron chi connectivity index (χ0n) is 14.5. The van der Waals surface area contributed by atoms with Gasteiger partial charge in [0.1, 0.15) is 24.6 Å². The molecule has 1 aromatic carbocycles. The number of aliphatic imine (C=N–C) groups is 1. The molecule has 0 saturated heterocycles. The standard InChI is InChI=1S/C21H17N3O3/c25-17(12-22-11-15-3-1-4-19-18(15)6-9-23-19)14-27-20-5-2-8-24-21(20)16-7-10-26-13-16/h1-11,13,23H,12,14H2. The van der Waals surface area contributed by atoms with Gasteiger partial charge in [-0.3, -0.25) is 14.8 Å². The van der Waals surface area contributed by atoms with Gasteiger partial charge in [0.05, 0.1) is 12.5 Å². The van der Waals surface area contributed by atoms with Gasteiger partial charge in [0, 0.05) is 40.6 Å². The van der Waals surface area contributed by atoms with E-state index in [4.69, 9.17) is 9.15 Å². The van der Waals surface area contributed by atoms with Crippen molar-refractivity contribution in [2.75, 3.05) is 13.2 Å². The molecule has 4 aromatic rings. The smallest absolute Gasteiger partial charge is 0.191 e. The van der Waals surface area contributed by atoms with Gasteiger partial charge in [0.25, 0.3) is 0 Å². The van der Waals surface area contributed by atoms with Gasteiger partial charge in [-0.05, 0) is 30.3 Å². The summed E-state index contributed by atoms with van der Waals surface area (Å²) in [6.07, 6.45) is 8.42. The fraction of sp³-hybridized carbons (Fsp3) is 0.0952. The largest absolute Gasteiger partial charge is 0.483 e. The number of ketones is 1. The zero-order valence-corrected chi connectivity index (χ0v) is 14.5. The van der Waals surface area contributed by atoms with Crippen molar-refractivity contribution in [1.29, 1.82) is 0 Å². The molecule has 4 rings (SSSR count). The van der Waals surface area contributed by atoms with Gasteiger partial charge >= 0.3 is 0 Å². The second-order valence-corrected chi connectivity index (χ2v) is 5.95. The molecule has 0 aliphatic rings. The van der Waals surface area contributed by atoms with Crippen LogP contribution in [0.2, 0.25) is 0 Å². The number of carbonyl (C=O) groups excluding carboxylic acids is 1. The minimum absolute atomic E-state index is 0.0577. The first kappa shape index (κ1) is 16.8. The highest BCUT2D eigenvalue weighted by Crippen LogP contribution is 2.27. The molecule has 3 heterocycles. The quantitative estimate of drug-likeness (QED) is 0.508.